The molecule has 0 saturated heterocycles. The Morgan fingerprint density at radius 1 is 1.00 bits per heavy atom. The van der Waals surface area contributed by atoms with Crippen LogP contribution in [0.3, 0.4) is 0 Å². The van der Waals surface area contributed by atoms with Crippen molar-refractivity contribution in [3.05, 3.63) is 87.4 Å². The highest BCUT2D eigenvalue weighted by molar-refractivity contribution is 6.35. The lowest BCUT2D eigenvalue weighted by molar-refractivity contribution is 0.102. The number of nitrogen functional groups attached to an aromatic ring is 1. The Morgan fingerprint density at radius 2 is 1.76 bits per heavy atom. The molecule has 0 unspecified atom stereocenters. The van der Waals surface area contributed by atoms with Crippen LogP contribution in [0.4, 0.5) is 11.5 Å². The molecule has 0 aliphatic rings. The van der Waals surface area contributed by atoms with Crippen LogP contribution in [0.2, 0.25) is 10.0 Å². The fraction of sp³-hybridized carbons (Fsp3) is 0. The quantitative estimate of drug-likeness (QED) is 0.394. The lowest BCUT2D eigenvalue weighted by Crippen LogP contribution is -2.11. The first-order valence-corrected chi connectivity index (χ1v) is 9.37. The Balaban J connectivity index is 1.59. The highest BCUT2D eigenvalue weighted by atomic mass is 35.5. The zero-order valence-corrected chi connectivity index (χ0v) is 16.5. The van der Waals surface area contributed by atoms with Crippen LogP contribution < -0.4 is 11.1 Å². The number of H-pyrrole nitrogens is 1. The molecule has 4 aromatic rings. The summed E-state index contributed by atoms with van der Waals surface area (Å²) in [6.07, 6.45) is 0. The van der Waals surface area contributed by atoms with E-state index in [2.05, 4.69) is 27.4 Å². The summed E-state index contributed by atoms with van der Waals surface area (Å²) in [4.78, 5) is 12.5. The van der Waals surface area contributed by atoms with Crippen molar-refractivity contribution in [1.82, 2.24) is 10.2 Å². The highest BCUT2D eigenvalue weighted by Gasteiger charge is 2.09. The summed E-state index contributed by atoms with van der Waals surface area (Å²) < 4.78 is 0. The second kappa shape index (κ2) is 7.88. The third-order valence-electron chi connectivity index (χ3n) is 4.20. The minimum absolute atomic E-state index is 0.310. The second-order valence-corrected chi connectivity index (χ2v) is 7.15. The number of fused-ring (bicyclic) bond motifs is 1. The Morgan fingerprint density at radius 3 is 2.55 bits per heavy atom. The van der Waals surface area contributed by atoms with Crippen LogP contribution in [0.5, 0.6) is 0 Å². The van der Waals surface area contributed by atoms with Gasteiger partial charge in [0.1, 0.15) is 0 Å². The number of nitrogens with one attached hydrogen (secondary N) is 2. The molecule has 7 heteroatoms. The van der Waals surface area contributed by atoms with Crippen molar-refractivity contribution in [2.75, 3.05) is 11.1 Å². The van der Waals surface area contributed by atoms with Crippen LogP contribution in [0.15, 0.2) is 60.7 Å². The molecule has 4 rings (SSSR count). The maximum absolute atomic E-state index is 12.5. The largest absolute Gasteiger partial charge is 0.382 e. The summed E-state index contributed by atoms with van der Waals surface area (Å²) >= 11 is 11.9. The summed E-state index contributed by atoms with van der Waals surface area (Å²) in [7, 11) is 0. The van der Waals surface area contributed by atoms with Gasteiger partial charge in [-0.15, -0.1) is 0 Å². The maximum Gasteiger partial charge on any atom is 0.255 e. The fourth-order valence-corrected chi connectivity index (χ4v) is 3.43. The third-order valence-corrected chi connectivity index (χ3v) is 4.64. The smallest absolute Gasteiger partial charge is 0.255 e. The number of aromatic amines is 1. The van der Waals surface area contributed by atoms with E-state index in [4.69, 9.17) is 28.9 Å². The van der Waals surface area contributed by atoms with Gasteiger partial charge in [-0.1, -0.05) is 47.2 Å². The van der Waals surface area contributed by atoms with Gasteiger partial charge in [0.2, 0.25) is 0 Å². The van der Waals surface area contributed by atoms with Crippen molar-refractivity contribution in [1.29, 1.82) is 0 Å². The second-order valence-electron chi connectivity index (χ2n) is 6.28. The first kappa shape index (κ1) is 18.9. The van der Waals surface area contributed by atoms with Crippen molar-refractivity contribution < 1.29 is 4.79 Å². The molecule has 29 heavy (non-hydrogen) atoms. The molecular formula is C22H14Cl2N4O. The molecule has 0 spiro atoms. The predicted octanol–water partition coefficient (Wildman–Crippen LogP) is 5.10. The Labute approximate surface area is 176 Å². The van der Waals surface area contributed by atoms with Crippen molar-refractivity contribution in [3.8, 4) is 11.8 Å². The standard InChI is InChI=1S/C22H14Cl2N4O/c23-16-10-15(11-17(24)12-16)22(29)26-18-5-1-3-13(9-18)7-8-14-4-2-6-19-20(14)21(25)28-27-19/h1-6,9-12H,(H,26,29)(H3,25,27,28). The molecule has 1 heterocycles. The number of carbonyl (C=O) groups excluding carboxylic acids is 1. The minimum atomic E-state index is -0.310. The third kappa shape index (κ3) is 4.19. The van der Waals surface area contributed by atoms with Crippen LogP contribution >= 0.6 is 23.2 Å². The molecule has 1 aromatic heterocycles. The SMILES string of the molecule is Nc1n[nH]c2cccc(C#Cc3cccc(NC(=O)c4cc(Cl)cc(Cl)c4)c3)c12. The number of rotatable bonds is 2. The summed E-state index contributed by atoms with van der Waals surface area (Å²) in [5.74, 6) is 6.32. The lowest BCUT2D eigenvalue weighted by Gasteiger charge is -2.06. The van der Waals surface area contributed by atoms with E-state index in [1.807, 2.05) is 30.3 Å². The maximum atomic E-state index is 12.5. The molecule has 142 valence electrons. The zero-order valence-electron chi connectivity index (χ0n) is 15.0. The molecule has 1 amide bonds. The Hall–Kier alpha value is -3.46. The number of hydrogen-bond acceptors (Lipinski definition) is 3. The first-order chi connectivity index (χ1) is 14.0. The summed E-state index contributed by atoms with van der Waals surface area (Å²) in [5.41, 5.74) is 9.26. The van der Waals surface area contributed by atoms with Crippen molar-refractivity contribution in [3.63, 3.8) is 0 Å². The van der Waals surface area contributed by atoms with Crippen molar-refractivity contribution in [2.45, 2.75) is 0 Å². The number of benzene rings is 3. The molecule has 0 bridgehead atoms. The zero-order chi connectivity index (χ0) is 20.4. The summed E-state index contributed by atoms with van der Waals surface area (Å²) in [5, 5.41) is 11.3. The van der Waals surface area contributed by atoms with Gasteiger partial charge in [-0.05, 0) is 48.5 Å². The molecular weight excluding hydrogens is 407 g/mol. The van der Waals surface area contributed by atoms with Gasteiger partial charge in [-0.3, -0.25) is 9.89 Å². The number of amides is 1. The molecule has 5 nitrogen and oxygen atoms in total. The summed E-state index contributed by atoms with van der Waals surface area (Å²) in [6, 6.07) is 17.6. The van der Waals surface area contributed by atoms with E-state index in [-0.39, 0.29) is 5.91 Å². The molecule has 0 fully saturated rings. The number of aromatic nitrogens is 2. The van der Waals surface area contributed by atoms with Gasteiger partial charge < -0.3 is 11.1 Å². The number of anilines is 2. The Bertz CT molecular complexity index is 1280. The predicted molar refractivity (Wildman–Crippen MR) is 117 cm³/mol. The van der Waals surface area contributed by atoms with E-state index in [1.165, 1.54) is 0 Å². The average Bonchev–Trinajstić information content (AvgIpc) is 3.07. The Kier molecular flexibility index (Phi) is 5.13. The van der Waals surface area contributed by atoms with Gasteiger partial charge >= 0.3 is 0 Å². The minimum Gasteiger partial charge on any atom is -0.382 e. The van der Waals surface area contributed by atoms with Gasteiger partial charge in [-0.25, -0.2) is 0 Å². The van der Waals surface area contributed by atoms with Crippen LogP contribution in [0.1, 0.15) is 21.5 Å². The van der Waals surface area contributed by atoms with Crippen LogP contribution in [-0.4, -0.2) is 16.1 Å². The molecule has 4 N–H and O–H groups in total. The number of hydrogen-bond donors (Lipinski definition) is 3. The molecule has 0 aliphatic carbocycles. The monoisotopic (exact) mass is 420 g/mol. The van der Waals surface area contributed by atoms with Gasteiger partial charge in [0.05, 0.1) is 10.9 Å². The molecule has 0 atom stereocenters. The number of nitrogens with two attached hydrogens (primary N) is 1. The highest BCUT2D eigenvalue weighted by Crippen LogP contribution is 2.22. The van der Waals surface area contributed by atoms with Crippen LogP contribution in [0.25, 0.3) is 10.9 Å². The van der Waals surface area contributed by atoms with E-state index in [0.717, 1.165) is 22.0 Å². The van der Waals surface area contributed by atoms with E-state index in [9.17, 15) is 4.79 Å². The van der Waals surface area contributed by atoms with Gasteiger partial charge in [0.25, 0.3) is 5.91 Å². The van der Waals surface area contributed by atoms with Gasteiger partial charge in [0.15, 0.2) is 5.82 Å². The van der Waals surface area contributed by atoms with Gasteiger partial charge in [0, 0.05) is 32.4 Å². The van der Waals surface area contributed by atoms with Crippen molar-refractivity contribution in [2.24, 2.45) is 0 Å². The van der Waals surface area contributed by atoms with E-state index in [1.54, 1.807) is 30.3 Å². The normalized spacial score (nSPS) is 10.4. The first-order valence-electron chi connectivity index (χ1n) is 8.62. The average molecular weight is 421 g/mol. The number of carbonyl (C=O) groups is 1. The van der Waals surface area contributed by atoms with E-state index >= 15 is 0 Å². The topological polar surface area (TPSA) is 83.8 Å². The molecule has 0 radical (unpaired) electrons. The molecule has 0 saturated carbocycles. The molecule has 3 aromatic carbocycles. The fourth-order valence-electron chi connectivity index (χ4n) is 2.90. The number of nitrogens with zero attached hydrogens (tertiary/aromatic N) is 1. The lowest BCUT2D eigenvalue weighted by atomic mass is 10.1. The number of halogens is 2. The van der Waals surface area contributed by atoms with E-state index in [0.29, 0.717) is 27.1 Å². The van der Waals surface area contributed by atoms with Crippen molar-refractivity contribution >= 4 is 51.5 Å². The van der Waals surface area contributed by atoms with Crippen LogP contribution in [0, 0.1) is 11.8 Å². The van der Waals surface area contributed by atoms with Gasteiger partial charge in [-0.2, -0.15) is 5.10 Å². The summed E-state index contributed by atoms with van der Waals surface area (Å²) in [6.45, 7) is 0. The van der Waals surface area contributed by atoms with E-state index < -0.39 is 0 Å². The van der Waals surface area contributed by atoms with Crippen LogP contribution in [-0.2, 0) is 0 Å². The molecule has 0 aliphatic heterocycles.